The summed E-state index contributed by atoms with van der Waals surface area (Å²) in [6, 6.07) is 6.93. The first-order chi connectivity index (χ1) is 9.60. The minimum atomic E-state index is -0.700. The van der Waals surface area contributed by atoms with Crippen LogP contribution in [0.15, 0.2) is 18.2 Å². The number of nitriles is 1. The number of hydrogen-bond donors (Lipinski definition) is 2. The molecule has 0 spiro atoms. The predicted octanol–water partition coefficient (Wildman–Crippen LogP) is -1.25. The van der Waals surface area contributed by atoms with Crippen LogP contribution in [0.4, 0.5) is 0 Å². The van der Waals surface area contributed by atoms with Crippen molar-refractivity contribution in [2.45, 2.75) is 0 Å². The average molecular weight is 264 g/mol. The van der Waals surface area contributed by atoms with Gasteiger partial charge in [0.15, 0.2) is 5.69 Å². The smallest absolute Gasteiger partial charge is 0.243 e. The van der Waals surface area contributed by atoms with Crippen LogP contribution in [0.5, 0.6) is 5.75 Å². The summed E-state index contributed by atoms with van der Waals surface area (Å²) in [5.41, 5.74) is 5.57. The summed E-state index contributed by atoms with van der Waals surface area (Å²) < 4.78 is 0. The van der Waals surface area contributed by atoms with Crippen LogP contribution in [0.1, 0.15) is 11.4 Å². The number of fused-ring (bicyclic) bond motifs is 2. The van der Waals surface area contributed by atoms with Crippen LogP contribution in [-0.4, -0.2) is 21.0 Å². The molecule has 3 N–H and O–H groups in total. The second-order valence-corrected chi connectivity index (χ2v) is 4.24. The van der Waals surface area contributed by atoms with Crippen molar-refractivity contribution in [1.82, 2.24) is 9.97 Å². The van der Waals surface area contributed by atoms with Crippen LogP contribution in [0.2, 0.25) is 0 Å². The summed E-state index contributed by atoms with van der Waals surface area (Å²) >= 11 is 0. The molecule has 0 atom stereocenters. The maximum absolute atomic E-state index is 10.9. The number of aromatic nitrogens is 2. The number of rotatable bonds is 1. The Hall–Kier alpha value is -3.20. The van der Waals surface area contributed by atoms with Gasteiger partial charge in [0.25, 0.3) is 0 Å². The van der Waals surface area contributed by atoms with Crippen molar-refractivity contribution in [3.8, 4) is 11.8 Å². The maximum Gasteiger partial charge on any atom is 0.243 e. The van der Waals surface area contributed by atoms with Crippen molar-refractivity contribution in [3.05, 3.63) is 50.7 Å². The minimum absolute atomic E-state index is 0.00736. The molecule has 6 heteroatoms. The predicted molar refractivity (Wildman–Crippen MR) is 69.0 cm³/mol. The second kappa shape index (κ2) is 4.17. The summed E-state index contributed by atoms with van der Waals surface area (Å²) in [5, 5.41) is 20.8. The van der Waals surface area contributed by atoms with Crippen LogP contribution in [-0.2, 0) is 4.79 Å². The fraction of sp³-hybridized carbons (Fsp3) is 0. The van der Waals surface area contributed by atoms with Crippen molar-refractivity contribution < 1.29 is 9.90 Å². The monoisotopic (exact) mass is 264 g/mol. The van der Waals surface area contributed by atoms with Gasteiger partial charge >= 0.3 is 0 Å². The number of amides is 1. The Morgan fingerprint density at radius 1 is 1.40 bits per heavy atom. The van der Waals surface area contributed by atoms with E-state index in [1.807, 2.05) is 12.1 Å². The van der Waals surface area contributed by atoms with Crippen LogP contribution in [0.25, 0.3) is 12.2 Å². The summed E-state index contributed by atoms with van der Waals surface area (Å²) in [4.78, 5) is 19.3. The van der Waals surface area contributed by atoms with Gasteiger partial charge in [-0.3, -0.25) is 4.79 Å². The van der Waals surface area contributed by atoms with E-state index in [1.54, 1.807) is 18.2 Å². The van der Waals surface area contributed by atoms with Crippen LogP contribution in [0.3, 0.4) is 0 Å². The highest BCUT2D eigenvalue weighted by molar-refractivity contribution is 6.02. The van der Waals surface area contributed by atoms with E-state index < -0.39 is 5.91 Å². The number of nitrogens with zero attached hydrogens (tertiary/aromatic N) is 3. The van der Waals surface area contributed by atoms with E-state index in [1.165, 1.54) is 0 Å². The molecule has 0 saturated carbocycles. The molecule has 0 unspecified atom stereocenters. The second-order valence-electron chi connectivity index (χ2n) is 4.24. The summed E-state index contributed by atoms with van der Waals surface area (Å²) in [6.45, 7) is 0. The largest absolute Gasteiger partial charge is 0.507 e. The van der Waals surface area contributed by atoms with Crippen LogP contribution < -0.4 is 16.3 Å². The lowest BCUT2D eigenvalue weighted by atomic mass is 10.2. The molecule has 1 aromatic carbocycles. The van der Waals surface area contributed by atoms with E-state index in [2.05, 4.69) is 9.97 Å². The Bertz CT molecular complexity index is 1000. The number of carbonyl (C=O) groups excluding carboxylic acids is 1. The number of hydrogen-bond acceptors (Lipinski definition) is 5. The van der Waals surface area contributed by atoms with Gasteiger partial charge in [0.1, 0.15) is 22.5 Å². The van der Waals surface area contributed by atoms with Gasteiger partial charge in [-0.1, -0.05) is 12.1 Å². The third kappa shape index (κ3) is 1.69. The van der Waals surface area contributed by atoms with Gasteiger partial charge in [0.05, 0.1) is 10.9 Å². The molecule has 0 radical (unpaired) electrons. The molecule has 2 aromatic rings. The molecule has 20 heavy (non-hydrogen) atoms. The molecule has 1 aromatic heterocycles. The van der Waals surface area contributed by atoms with Gasteiger partial charge in [0, 0.05) is 6.08 Å². The number of carbonyl (C=O) groups is 1. The summed E-state index contributed by atoms with van der Waals surface area (Å²) in [5.74, 6) is -0.628. The summed E-state index contributed by atoms with van der Waals surface area (Å²) in [7, 11) is 0. The Kier molecular flexibility index (Phi) is 2.48. The number of aromatic hydroxyl groups is 1. The molecular formula is C14H8N4O2. The zero-order valence-corrected chi connectivity index (χ0v) is 10.2. The Morgan fingerprint density at radius 2 is 2.20 bits per heavy atom. The maximum atomic E-state index is 10.9. The zero-order chi connectivity index (χ0) is 14.3. The Balaban J connectivity index is 2.53. The fourth-order valence-electron chi connectivity index (χ4n) is 2.15. The quantitative estimate of drug-likeness (QED) is 0.570. The highest BCUT2D eigenvalue weighted by Gasteiger charge is 2.11. The van der Waals surface area contributed by atoms with Gasteiger partial charge in [-0.15, -0.1) is 0 Å². The molecule has 1 amide bonds. The van der Waals surface area contributed by atoms with Crippen LogP contribution >= 0.6 is 0 Å². The van der Waals surface area contributed by atoms with Crippen LogP contribution in [0, 0.1) is 21.9 Å². The molecular weight excluding hydrogens is 256 g/mol. The first-order valence-corrected chi connectivity index (χ1v) is 5.73. The molecule has 0 saturated heterocycles. The van der Waals surface area contributed by atoms with Crippen molar-refractivity contribution in [2.75, 3.05) is 0 Å². The Morgan fingerprint density at radius 3 is 2.90 bits per heavy atom. The average Bonchev–Trinajstić information content (AvgIpc) is 2.75. The van der Waals surface area contributed by atoms with Crippen molar-refractivity contribution >= 4 is 18.1 Å². The first-order valence-electron chi connectivity index (χ1n) is 5.73. The number of primary amides is 1. The molecule has 1 aliphatic rings. The summed E-state index contributed by atoms with van der Waals surface area (Å²) in [6.07, 6.45) is 2.79. The van der Waals surface area contributed by atoms with E-state index in [0.717, 1.165) is 11.3 Å². The lowest BCUT2D eigenvalue weighted by molar-refractivity contribution is -0.112. The fourth-order valence-corrected chi connectivity index (χ4v) is 2.15. The van der Waals surface area contributed by atoms with Gasteiger partial charge in [-0.25, -0.2) is 9.97 Å². The normalized spacial score (nSPS) is 12.2. The van der Waals surface area contributed by atoms with E-state index in [4.69, 9.17) is 11.0 Å². The van der Waals surface area contributed by atoms with Crippen molar-refractivity contribution in [1.29, 1.82) is 5.26 Å². The zero-order valence-electron chi connectivity index (χ0n) is 10.2. The van der Waals surface area contributed by atoms with Gasteiger partial charge in [-0.2, -0.15) is 5.26 Å². The number of benzene rings is 1. The third-order valence-corrected chi connectivity index (χ3v) is 2.94. The SMILES string of the molecule is N#Cc1nc2c(nc1=CC(N)=O)C=c1cccc(O)c1=2. The highest BCUT2D eigenvalue weighted by Crippen LogP contribution is 2.12. The van der Waals surface area contributed by atoms with Crippen molar-refractivity contribution in [2.24, 2.45) is 5.73 Å². The molecule has 6 nitrogen and oxygen atoms in total. The molecule has 0 aliphatic heterocycles. The lowest BCUT2D eigenvalue weighted by Crippen LogP contribution is -2.21. The number of phenolic OH excluding ortho intramolecular Hbond substituents is 1. The number of nitrogens with two attached hydrogens (primary N) is 1. The van der Waals surface area contributed by atoms with E-state index >= 15 is 0 Å². The third-order valence-electron chi connectivity index (χ3n) is 2.94. The van der Waals surface area contributed by atoms with E-state index in [0.29, 0.717) is 16.3 Å². The molecule has 96 valence electrons. The minimum Gasteiger partial charge on any atom is -0.507 e. The van der Waals surface area contributed by atoms with E-state index in [-0.39, 0.29) is 16.8 Å². The number of phenols is 1. The molecule has 3 rings (SSSR count). The van der Waals surface area contributed by atoms with Crippen molar-refractivity contribution in [3.63, 3.8) is 0 Å². The highest BCUT2D eigenvalue weighted by atomic mass is 16.3. The topological polar surface area (TPSA) is 113 Å². The van der Waals surface area contributed by atoms with Gasteiger partial charge in [0.2, 0.25) is 5.91 Å². The first kappa shape index (κ1) is 11.9. The molecule has 0 fully saturated rings. The molecule has 1 aliphatic carbocycles. The standard InChI is InChI=1S/C14H8N4O2/c15-6-10-8(5-12(16)20)17-9-4-7-2-1-3-11(19)13(7)14(9)18-10/h1-5,19H,(H2,16,20). The van der Waals surface area contributed by atoms with Gasteiger partial charge in [-0.05, 0) is 17.4 Å². The molecule has 0 bridgehead atoms. The van der Waals surface area contributed by atoms with E-state index in [9.17, 15) is 9.90 Å². The molecule has 1 heterocycles. The van der Waals surface area contributed by atoms with Gasteiger partial charge < -0.3 is 10.8 Å². The lowest BCUT2D eigenvalue weighted by Gasteiger charge is -1.95. The Labute approximate surface area is 112 Å².